The van der Waals surface area contributed by atoms with Gasteiger partial charge in [0.15, 0.2) is 0 Å². The zero-order chi connectivity index (χ0) is 20.7. The highest BCUT2D eigenvalue weighted by atomic mass is 28.3. The van der Waals surface area contributed by atoms with Crippen LogP contribution in [0.1, 0.15) is 22.7 Å². The Morgan fingerprint density at radius 2 is 1.48 bits per heavy atom. The summed E-state index contributed by atoms with van der Waals surface area (Å²) in [6.45, 7) is 6.60. The molecular weight excluding hydrogens is 370 g/mol. The Bertz CT molecular complexity index is 947. The Hall–Kier alpha value is -2.91. The van der Waals surface area contributed by atoms with E-state index in [2.05, 4.69) is 91.7 Å². The molecule has 0 spiro atoms. The van der Waals surface area contributed by atoms with E-state index in [-0.39, 0.29) is 11.9 Å². The molecule has 0 bridgehead atoms. The predicted molar refractivity (Wildman–Crippen MR) is 125 cm³/mol. The molecule has 1 N–H and O–H groups in total. The second-order valence-corrected chi connectivity index (χ2v) is 12.4. The molecule has 1 unspecified atom stereocenters. The minimum atomic E-state index is -1.79. The maximum absolute atomic E-state index is 12.8. The average molecular weight is 400 g/mol. The molecule has 1 atom stereocenters. The van der Waals surface area contributed by atoms with Gasteiger partial charge < -0.3 is 5.32 Å². The second kappa shape index (κ2) is 9.53. The standard InChI is InChI=1S/C26H29NOSi/c1-21-14-16-22(17-15-21)20-25(23-10-6-4-7-11-23)27-26(28)18-19-29(2,3)24-12-8-5-9-13-24/h4-19,25H,20H2,1-3H3,(H,27,28). The van der Waals surface area contributed by atoms with E-state index in [0.29, 0.717) is 0 Å². The number of benzene rings is 3. The van der Waals surface area contributed by atoms with E-state index < -0.39 is 8.07 Å². The van der Waals surface area contributed by atoms with Gasteiger partial charge in [-0.05, 0) is 30.5 Å². The molecule has 0 aliphatic carbocycles. The lowest BCUT2D eigenvalue weighted by Crippen LogP contribution is -2.40. The van der Waals surface area contributed by atoms with Gasteiger partial charge in [0.25, 0.3) is 0 Å². The summed E-state index contributed by atoms with van der Waals surface area (Å²) in [6.07, 6.45) is 2.49. The smallest absolute Gasteiger partial charge is 0.243 e. The minimum Gasteiger partial charge on any atom is -0.345 e. The van der Waals surface area contributed by atoms with E-state index >= 15 is 0 Å². The van der Waals surface area contributed by atoms with E-state index in [1.54, 1.807) is 6.08 Å². The van der Waals surface area contributed by atoms with Crippen molar-refractivity contribution < 1.29 is 4.79 Å². The highest BCUT2D eigenvalue weighted by Gasteiger charge is 2.20. The molecule has 0 saturated carbocycles. The first-order chi connectivity index (χ1) is 13.9. The maximum atomic E-state index is 12.8. The topological polar surface area (TPSA) is 29.1 Å². The van der Waals surface area contributed by atoms with E-state index in [1.165, 1.54) is 16.3 Å². The lowest BCUT2D eigenvalue weighted by molar-refractivity contribution is -0.117. The lowest BCUT2D eigenvalue weighted by Gasteiger charge is -2.20. The van der Waals surface area contributed by atoms with Crippen LogP contribution in [0.25, 0.3) is 0 Å². The number of hydrogen-bond donors (Lipinski definition) is 1. The van der Waals surface area contributed by atoms with E-state index in [9.17, 15) is 4.79 Å². The van der Waals surface area contributed by atoms with Gasteiger partial charge in [-0.25, -0.2) is 0 Å². The molecular formula is C26H29NOSi. The van der Waals surface area contributed by atoms with E-state index in [1.807, 2.05) is 24.3 Å². The quantitative estimate of drug-likeness (QED) is 0.434. The van der Waals surface area contributed by atoms with Gasteiger partial charge in [0.2, 0.25) is 5.91 Å². The van der Waals surface area contributed by atoms with Gasteiger partial charge in [-0.2, -0.15) is 0 Å². The molecule has 148 valence electrons. The number of aryl methyl sites for hydroxylation is 1. The van der Waals surface area contributed by atoms with Crippen LogP contribution in [0.15, 0.2) is 96.7 Å². The van der Waals surface area contributed by atoms with Crippen molar-refractivity contribution in [2.75, 3.05) is 0 Å². The summed E-state index contributed by atoms with van der Waals surface area (Å²) in [5.74, 6) is -0.0394. The molecule has 2 nitrogen and oxygen atoms in total. The Morgan fingerprint density at radius 1 is 0.897 bits per heavy atom. The third-order valence-electron chi connectivity index (χ3n) is 5.25. The van der Waals surface area contributed by atoms with Crippen molar-refractivity contribution in [2.24, 2.45) is 0 Å². The molecule has 3 aromatic carbocycles. The first-order valence-electron chi connectivity index (χ1n) is 10.1. The Balaban J connectivity index is 1.75. The van der Waals surface area contributed by atoms with Gasteiger partial charge in [-0.15, -0.1) is 0 Å². The van der Waals surface area contributed by atoms with Gasteiger partial charge in [-0.3, -0.25) is 4.79 Å². The van der Waals surface area contributed by atoms with Crippen molar-refractivity contribution in [1.82, 2.24) is 5.32 Å². The lowest BCUT2D eigenvalue weighted by atomic mass is 9.98. The summed E-state index contributed by atoms with van der Waals surface area (Å²) in [5.41, 5.74) is 5.69. The number of amides is 1. The van der Waals surface area contributed by atoms with Crippen molar-refractivity contribution in [3.63, 3.8) is 0 Å². The van der Waals surface area contributed by atoms with Crippen LogP contribution in [-0.4, -0.2) is 14.0 Å². The summed E-state index contributed by atoms with van der Waals surface area (Å²) in [7, 11) is -1.79. The molecule has 29 heavy (non-hydrogen) atoms. The molecule has 0 heterocycles. The van der Waals surface area contributed by atoms with Gasteiger partial charge in [-0.1, -0.05) is 114 Å². The van der Waals surface area contributed by atoms with Crippen LogP contribution in [0.5, 0.6) is 0 Å². The number of rotatable bonds is 7. The fourth-order valence-electron chi connectivity index (χ4n) is 3.37. The SMILES string of the molecule is Cc1ccc(CC(NC(=O)C=C[Si](C)(C)c2ccccc2)c2ccccc2)cc1. The summed E-state index contributed by atoms with van der Waals surface area (Å²) in [6, 6.07) is 29.1. The second-order valence-electron chi connectivity index (χ2n) is 8.08. The zero-order valence-electron chi connectivity index (χ0n) is 17.4. The van der Waals surface area contributed by atoms with Crippen molar-refractivity contribution in [3.8, 4) is 0 Å². The molecule has 0 aliphatic heterocycles. The minimum absolute atomic E-state index is 0.0394. The molecule has 1 amide bonds. The molecule has 0 saturated heterocycles. The molecule has 3 aromatic rings. The van der Waals surface area contributed by atoms with Crippen LogP contribution in [0.4, 0.5) is 0 Å². The Morgan fingerprint density at radius 3 is 2.10 bits per heavy atom. The number of nitrogens with one attached hydrogen (secondary N) is 1. The van der Waals surface area contributed by atoms with Crippen LogP contribution in [0.2, 0.25) is 13.1 Å². The number of hydrogen-bond acceptors (Lipinski definition) is 1. The van der Waals surface area contributed by atoms with Gasteiger partial charge in [0.1, 0.15) is 8.07 Å². The Labute approximate surface area is 175 Å². The normalized spacial score (nSPS) is 12.7. The van der Waals surface area contributed by atoms with Crippen LogP contribution in [0.3, 0.4) is 0 Å². The Kier molecular flexibility index (Phi) is 6.84. The van der Waals surface area contributed by atoms with Crippen LogP contribution in [-0.2, 0) is 11.2 Å². The summed E-state index contributed by atoms with van der Waals surface area (Å²) < 4.78 is 0. The van der Waals surface area contributed by atoms with Gasteiger partial charge >= 0.3 is 0 Å². The first-order valence-corrected chi connectivity index (χ1v) is 13.2. The third-order valence-corrected chi connectivity index (χ3v) is 8.07. The van der Waals surface area contributed by atoms with Crippen molar-refractivity contribution in [3.05, 3.63) is 113 Å². The zero-order valence-corrected chi connectivity index (χ0v) is 18.4. The highest BCUT2D eigenvalue weighted by Crippen LogP contribution is 2.19. The van der Waals surface area contributed by atoms with Crippen molar-refractivity contribution in [2.45, 2.75) is 32.5 Å². The molecule has 0 aliphatic rings. The van der Waals surface area contributed by atoms with E-state index in [4.69, 9.17) is 0 Å². The molecule has 3 rings (SSSR count). The summed E-state index contributed by atoms with van der Waals surface area (Å²) in [4.78, 5) is 12.8. The highest BCUT2D eigenvalue weighted by molar-refractivity contribution is 6.94. The van der Waals surface area contributed by atoms with Gasteiger partial charge in [0.05, 0.1) is 6.04 Å². The largest absolute Gasteiger partial charge is 0.345 e. The number of carbonyl (C=O) groups is 1. The summed E-state index contributed by atoms with van der Waals surface area (Å²) >= 11 is 0. The average Bonchev–Trinajstić information content (AvgIpc) is 2.75. The molecule has 0 radical (unpaired) electrons. The third kappa shape index (κ3) is 6.03. The maximum Gasteiger partial charge on any atom is 0.243 e. The summed E-state index contributed by atoms with van der Waals surface area (Å²) in [5, 5.41) is 4.54. The fraction of sp³-hybridized carbons (Fsp3) is 0.192. The molecule has 0 aromatic heterocycles. The van der Waals surface area contributed by atoms with Crippen molar-refractivity contribution in [1.29, 1.82) is 0 Å². The van der Waals surface area contributed by atoms with Crippen LogP contribution in [0, 0.1) is 6.92 Å². The van der Waals surface area contributed by atoms with Crippen molar-refractivity contribution >= 4 is 19.2 Å². The first kappa shape index (κ1) is 20.8. The van der Waals surface area contributed by atoms with Gasteiger partial charge in [0, 0.05) is 0 Å². The number of carbonyl (C=O) groups excluding carboxylic acids is 1. The monoisotopic (exact) mass is 399 g/mol. The molecule has 3 heteroatoms. The van der Waals surface area contributed by atoms with E-state index in [0.717, 1.165) is 12.0 Å². The molecule has 0 fully saturated rings. The van der Waals surface area contributed by atoms with Crippen LogP contribution >= 0.6 is 0 Å². The fourth-order valence-corrected chi connectivity index (χ4v) is 5.18. The van der Waals surface area contributed by atoms with Crippen LogP contribution < -0.4 is 10.5 Å². The predicted octanol–water partition coefficient (Wildman–Crippen LogP) is 5.11.